The van der Waals surface area contributed by atoms with Crippen LogP contribution in [0.2, 0.25) is 10.0 Å². The number of hydrogen-bond donors (Lipinski definition) is 1. The minimum Gasteiger partial charge on any atom is -0.482 e. The Bertz CT molecular complexity index is 1130. The molecule has 0 aromatic heterocycles. The third-order valence-corrected chi connectivity index (χ3v) is 5.86. The lowest BCUT2D eigenvalue weighted by molar-refractivity contribution is -0.142. The molecule has 0 radical (unpaired) electrons. The number of carbonyl (C=O) groups is 2. The van der Waals surface area contributed by atoms with Gasteiger partial charge in [-0.15, -0.1) is 0 Å². The van der Waals surface area contributed by atoms with Crippen LogP contribution >= 0.6 is 23.2 Å². The number of hydrogen-bond acceptors (Lipinski definition) is 3. The van der Waals surface area contributed by atoms with Crippen LogP contribution in [0, 0.1) is 5.82 Å². The predicted octanol–water partition coefficient (Wildman–Crippen LogP) is 5.68. The van der Waals surface area contributed by atoms with Gasteiger partial charge in [-0.05, 0) is 47.9 Å². The fourth-order valence-electron chi connectivity index (χ4n) is 3.52. The van der Waals surface area contributed by atoms with Crippen molar-refractivity contribution in [1.82, 2.24) is 10.2 Å². The number of nitrogens with one attached hydrogen (secondary N) is 1. The molecule has 1 N–H and O–H groups in total. The number of halogens is 3. The van der Waals surface area contributed by atoms with E-state index in [1.165, 1.54) is 23.1 Å². The summed E-state index contributed by atoms with van der Waals surface area (Å²) < 4.78 is 19.2. The van der Waals surface area contributed by atoms with E-state index in [1.54, 1.807) is 24.3 Å². The van der Waals surface area contributed by atoms with Crippen molar-refractivity contribution in [2.75, 3.05) is 13.2 Å². The Kier molecular flexibility index (Phi) is 9.94. The first-order valence-corrected chi connectivity index (χ1v) is 12.1. The van der Waals surface area contributed by atoms with Gasteiger partial charge in [-0.3, -0.25) is 9.59 Å². The number of ether oxygens (including phenoxy) is 1. The Balaban J connectivity index is 1.89. The van der Waals surface area contributed by atoms with Crippen LogP contribution in [0.1, 0.15) is 24.5 Å². The predicted molar refractivity (Wildman–Crippen MR) is 136 cm³/mol. The SMILES string of the molecule is CCCNC(=O)[C@@H](Cc1ccccc1)N(Cc1ccc(F)cc1)C(=O)COc1ccc(Cl)cc1Cl. The van der Waals surface area contributed by atoms with Crippen LogP contribution in [0.15, 0.2) is 72.8 Å². The smallest absolute Gasteiger partial charge is 0.261 e. The molecule has 0 fully saturated rings. The van der Waals surface area contributed by atoms with Crippen molar-refractivity contribution in [1.29, 1.82) is 0 Å². The van der Waals surface area contributed by atoms with Gasteiger partial charge in [-0.1, -0.05) is 72.6 Å². The minimum absolute atomic E-state index is 0.105. The molecule has 0 saturated carbocycles. The number of rotatable bonds is 11. The van der Waals surface area contributed by atoms with E-state index in [1.807, 2.05) is 37.3 Å². The average Bonchev–Trinajstić information content (AvgIpc) is 2.85. The number of nitrogens with zero attached hydrogens (tertiary/aromatic N) is 1. The minimum atomic E-state index is -0.800. The summed E-state index contributed by atoms with van der Waals surface area (Å²) in [4.78, 5) is 28.1. The number of benzene rings is 3. The van der Waals surface area contributed by atoms with Crippen molar-refractivity contribution in [3.63, 3.8) is 0 Å². The van der Waals surface area contributed by atoms with Crippen molar-refractivity contribution < 1.29 is 18.7 Å². The third-order valence-electron chi connectivity index (χ3n) is 5.33. The molecule has 8 heteroatoms. The maximum Gasteiger partial charge on any atom is 0.261 e. The third kappa shape index (κ3) is 7.98. The highest BCUT2D eigenvalue weighted by molar-refractivity contribution is 6.35. The summed E-state index contributed by atoms with van der Waals surface area (Å²) in [5.41, 5.74) is 1.59. The molecule has 184 valence electrons. The van der Waals surface area contributed by atoms with Gasteiger partial charge in [-0.25, -0.2) is 4.39 Å². The van der Waals surface area contributed by atoms with Gasteiger partial charge in [0.1, 0.15) is 17.6 Å². The van der Waals surface area contributed by atoms with Gasteiger partial charge in [-0.2, -0.15) is 0 Å². The molecule has 0 aliphatic heterocycles. The normalized spacial score (nSPS) is 11.5. The molecule has 0 saturated heterocycles. The van der Waals surface area contributed by atoms with E-state index in [0.29, 0.717) is 29.3 Å². The second-order valence-electron chi connectivity index (χ2n) is 8.01. The summed E-state index contributed by atoms with van der Waals surface area (Å²) >= 11 is 12.1. The lowest BCUT2D eigenvalue weighted by Gasteiger charge is -2.31. The summed E-state index contributed by atoms with van der Waals surface area (Å²) in [7, 11) is 0. The lowest BCUT2D eigenvalue weighted by Crippen LogP contribution is -2.51. The Labute approximate surface area is 214 Å². The quantitative estimate of drug-likeness (QED) is 0.356. The fourth-order valence-corrected chi connectivity index (χ4v) is 3.98. The first-order valence-electron chi connectivity index (χ1n) is 11.3. The molecular formula is C27H27Cl2FN2O3. The molecule has 3 aromatic carbocycles. The van der Waals surface area contributed by atoms with Gasteiger partial charge < -0.3 is 15.0 Å². The summed E-state index contributed by atoms with van der Waals surface area (Å²) in [6.45, 7) is 2.21. The molecule has 3 rings (SSSR count). The Morgan fingerprint density at radius 2 is 1.71 bits per heavy atom. The summed E-state index contributed by atoms with van der Waals surface area (Å²) in [5.74, 6) is -0.751. The van der Waals surface area contributed by atoms with Crippen LogP contribution in [0.4, 0.5) is 4.39 Å². The zero-order chi connectivity index (χ0) is 25.2. The topological polar surface area (TPSA) is 58.6 Å². The number of amides is 2. The van der Waals surface area contributed by atoms with Crippen molar-refractivity contribution in [3.05, 3.63) is 99.8 Å². The molecule has 0 spiro atoms. The maximum absolute atomic E-state index is 13.5. The molecule has 2 amide bonds. The van der Waals surface area contributed by atoms with Crippen molar-refractivity contribution in [2.45, 2.75) is 32.4 Å². The van der Waals surface area contributed by atoms with Crippen LogP contribution in [0.3, 0.4) is 0 Å². The van der Waals surface area contributed by atoms with Gasteiger partial charge in [0.2, 0.25) is 5.91 Å². The molecule has 3 aromatic rings. The van der Waals surface area contributed by atoms with E-state index in [0.717, 1.165) is 12.0 Å². The van der Waals surface area contributed by atoms with Crippen LogP contribution in [-0.4, -0.2) is 35.9 Å². The van der Waals surface area contributed by atoms with Crippen molar-refractivity contribution in [2.24, 2.45) is 0 Å². The highest BCUT2D eigenvalue weighted by atomic mass is 35.5. The van der Waals surface area contributed by atoms with Crippen molar-refractivity contribution in [3.8, 4) is 5.75 Å². The molecule has 0 unspecified atom stereocenters. The summed E-state index contributed by atoms with van der Waals surface area (Å²) in [5, 5.41) is 3.62. The summed E-state index contributed by atoms with van der Waals surface area (Å²) in [6.07, 6.45) is 1.07. The first-order chi connectivity index (χ1) is 16.9. The second kappa shape index (κ2) is 13.1. The largest absolute Gasteiger partial charge is 0.482 e. The summed E-state index contributed by atoms with van der Waals surface area (Å²) in [6, 6.07) is 19.2. The van der Waals surface area contributed by atoms with Crippen LogP contribution in [-0.2, 0) is 22.6 Å². The molecule has 35 heavy (non-hydrogen) atoms. The fraction of sp³-hybridized carbons (Fsp3) is 0.259. The van der Waals surface area contributed by atoms with Gasteiger partial charge in [0.05, 0.1) is 5.02 Å². The van der Waals surface area contributed by atoms with E-state index in [4.69, 9.17) is 27.9 Å². The van der Waals surface area contributed by atoms with Crippen LogP contribution in [0.5, 0.6) is 5.75 Å². The average molecular weight is 517 g/mol. The Hall–Kier alpha value is -3.09. The van der Waals surface area contributed by atoms with Gasteiger partial charge in [0.25, 0.3) is 5.91 Å². The molecule has 0 aliphatic carbocycles. The lowest BCUT2D eigenvalue weighted by atomic mass is 10.0. The Morgan fingerprint density at radius 3 is 2.37 bits per heavy atom. The van der Waals surface area contributed by atoms with E-state index >= 15 is 0 Å². The highest BCUT2D eigenvalue weighted by Crippen LogP contribution is 2.27. The second-order valence-corrected chi connectivity index (χ2v) is 8.85. The monoisotopic (exact) mass is 516 g/mol. The molecular weight excluding hydrogens is 490 g/mol. The molecule has 0 bridgehead atoms. The van der Waals surface area contributed by atoms with Crippen molar-refractivity contribution >= 4 is 35.0 Å². The first kappa shape index (κ1) is 26.5. The van der Waals surface area contributed by atoms with Crippen LogP contribution in [0.25, 0.3) is 0 Å². The Morgan fingerprint density at radius 1 is 1.00 bits per heavy atom. The van der Waals surface area contributed by atoms with Gasteiger partial charge in [0.15, 0.2) is 6.61 Å². The van der Waals surface area contributed by atoms with E-state index in [9.17, 15) is 14.0 Å². The molecule has 0 aliphatic rings. The van der Waals surface area contributed by atoms with Gasteiger partial charge in [0, 0.05) is 24.5 Å². The zero-order valence-electron chi connectivity index (χ0n) is 19.3. The standard InChI is InChI=1S/C27H27Cl2FN2O3/c1-2-14-31-27(34)24(15-19-6-4-3-5-7-19)32(17-20-8-11-22(30)12-9-20)26(33)18-35-25-13-10-21(28)16-23(25)29/h3-13,16,24H,2,14-15,17-18H2,1H3,(H,31,34)/t24-/m1/s1. The van der Waals surface area contributed by atoms with Gasteiger partial charge >= 0.3 is 0 Å². The van der Waals surface area contributed by atoms with Crippen LogP contribution < -0.4 is 10.1 Å². The van der Waals surface area contributed by atoms with E-state index in [2.05, 4.69) is 5.32 Å². The van der Waals surface area contributed by atoms with E-state index in [-0.39, 0.29) is 29.9 Å². The highest BCUT2D eigenvalue weighted by Gasteiger charge is 2.30. The zero-order valence-corrected chi connectivity index (χ0v) is 20.9. The van der Waals surface area contributed by atoms with E-state index < -0.39 is 11.9 Å². The molecule has 0 heterocycles. The number of carbonyl (C=O) groups excluding carboxylic acids is 2. The maximum atomic E-state index is 13.5. The molecule has 1 atom stereocenters. The molecule has 5 nitrogen and oxygen atoms in total.